The van der Waals surface area contributed by atoms with Gasteiger partial charge in [0.15, 0.2) is 0 Å². The Morgan fingerprint density at radius 2 is 1.73 bits per heavy atom. The van der Waals surface area contributed by atoms with Gasteiger partial charge >= 0.3 is 0 Å². The van der Waals surface area contributed by atoms with Crippen LogP contribution in [0.15, 0.2) is 42.5 Å². The van der Waals surface area contributed by atoms with E-state index < -0.39 is 11.9 Å². The molecule has 0 bridgehead atoms. The molecule has 2 atom stereocenters. The molecule has 0 radical (unpaired) electrons. The van der Waals surface area contributed by atoms with Gasteiger partial charge in [-0.05, 0) is 48.1 Å². The van der Waals surface area contributed by atoms with Gasteiger partial charge in [-0.3, -0.25) is 19.7 Å². The fourth-order valence-electron chi connectivity index (χ4n) is 4.17. The van der Waals surface area contributed by atoms with E-state index in [2.05, 4.69) is 26.1 Å². The molecule has 156 valence electrons. The van der Waals surface area contributed by atoms with Crippen LogP contribution in [-0.4, -0.2) is 28.7 Å². The number of ether oxygens (including phenoxy) is 1. The maximum Gasteiger partial charge on any atom is 0.259 e. The SMILES string of the molecule is CC1c2cccc(Oc3ccc(C(C)(C)C)cc3)c2C(=O)N1C1CCC(=O)NC1=O. The van der Waals surface area contributed by atoms with Crippen molar-refractivity contribution in [1.82, 2.24) is 10.2 Å². The van der Waals surface area contributed by atoms with Gasteiger partial charge in [-0.2, -0.15) is 0 Å². The van der Waals surface area contributed by atoms with Crippen LogP contribution in [0.4, 0.5) is 0 Å². The highest BCUT2D eigenvalue weighted by Gasteiger charge is 2.44. The average Bonchev–Trinajstić information content (AvgIpc) is 2.93. The molecule has 6 nitrogen and oxygen atoms in total. The number of carbonyl (C=O) groups excluding carboxylic acids is 3. The minimum atomic E-state index is -0.656. The molecule has 1 saturated heterocycles. The van der Waals surface area contributed by atoms with Crippen molar-refractivity contribution in [2.24, 2.45) is 0 Å². The van der Waals surface area contributed by atoms with E-state index in [9.17, 15) is 14.4 Å². The first-order valence-electron chi connectivity index (χ1n) is 10.2. The maximum absolute atomic E-state index is 13.3. The summed E-state index contributed by atoms with van der Waals surface area (Å²) in [6.07, 6.45) is 0.561. The lowest BCUT2D eigenvalue weighted by atomic mass is 9.87. The molecular weight excluding hydrogens is 380 g/mol. The van der Waals surface area contributed by atoms with Crippen LogP contribution in [0.5, 0.6) is 11.5 Å². The summed E-state index contributed by atoms with van der Waals surface area (Å²) in [5.74, 6) is 0.170. The first kappa shape index (κ1) is 20.1. The number of nitrogens with zero attached hydrogens (tertiary/aromatic N) is 1. The summed E-state index contributed by atoms with van der Waals surface area (Å²) in [5.41, 5.74) is 2.55. The van der Waals surface area contributed by atoms with E-state index in [4.69, 9.17) is 4.74 Å². The van der Waals surface area contributed by atoms with Crippen LogP contribution >= 0.6 is 0 Å². The second-order valence-corrected chi connectivity index (χ2v) is 8.95. The fourth-order valence-corrected chi connectivity index (χ4v) is 4.17. The zero-order valence-corrected chi connectivity index (χ0v) is 17.7. The minimum Gasteiger partial charge on any atom is -0.457 e. The van der Waals surface area contributed by atoms with Crippen molar-refractivity contribution in [3.8, 4) is 11.5 Å². The van der Waals surface area contributed by atoms with Crippen LogP contribution in [0.1, 0.15) is 68.1 Å². The maximum atomic E-state index is 13.3. The lowest BCUT2D eigenvalue weighted by molar-refractivity contribution is -0.137. The molecule has 2 unspecified atom stereocenters. The third kappa shape index (κ3) is 3.47. The van der Waals surface area contributed by atoms with Crippen LogP contribution in [0.25, 0.3) is 0 Å². The Labute approximate surface area is 176 Å². The summed E-state index contributed by atoms with van der Waals surface area (Å²) in [4.78, 5) is 38.8. The number of imide groups is 1. The predicted octanol–water partition coefficient (Wildman–Crippen LogP) is 4.10. The van der Waals surface area contributed by atoms with E-state index in [-0.39, 0.29) is 29.7 Å². The highest BCUT2D eigenvalue weighted by atomic mass is 16.5. The van der Waals surface area contributed by atoms with Crippen LogP contribution < -0.4 is 10.1 Å². The summed E-state index contributed by atoms with van der Waals surface area (Å²) in [6, 6.07) is 12.4. The number of carbonyl (C=O) groups is 3. The second-order valence-electron chi connectivity index (χ2n) is 8.95. The van der Waals surface area contributed by atoms with Gasteiger partial charge in [0.1, 0.15) is 17.5 Å². The van der Waals surface area contributed by atoms with Gasteiger partial charge in [0.2, 0.25) is 11.8 Å². The summed E-state index contributed by atoms with van der Waals surface area (Å²) in [6.45, 7) is 8.35. The quantitative estimate of drug-likeness (QED) is 0.779. The number of amides is 3. The molecule has 2 heterocycles. The molecule has 1 fully saturated rings. The number of benzene rings is 2. The molecule has 0 aromatic heterocycles. The van der Waals surface area contributed by atoms with Gasteiger partial charge < -0.3 is 9.64 Å². The van der Waals surface area contributed by atoms with Crippen LogP contribution in [-0.2, 0) is 15.0 Å². The van der Waals surface area contributed by atoms with Crippen LogP contribution in [0, 0.1) is 0 Å². The zero-order valence-electron chi connectivity index (χ0n) is 17.7. The molecule has 0 aliphatic carbocycles. The predicted molar refractivity (Wildman–Crippen MR) is 112 cm³/mol. The Hall–Kier alpha value is -3.15. The molecule has 1 N–H and O–H groups in total. The molecule has 2 aliphatic heterocycles. The van der Waals surface area contributed by atoms with E-state index in [0.717, 1.165) is 5.56 Å². The van der Waals surface area contributed by atoms with Crippen molar-refractivity contribution in [1.29, 1.82) is 0 Å². The van der Waals surface area contributed by atoms with E-state index >= 15 is 0 Å². The van der Waals surface area contributed by atoms with Crippen molar-refractivity contribution < 1.29 is 19.1 Å². The number of piperidine rings is 1. The number of nitrogens with one attached hydrogen (secondary N) is 1. The van der Waals surface area contributed by atoms with E-state index in [1.807, 2.05) is 43.3 Å². The topological polar surface area (TPSA) is 75.7 Å². The van der Waals surface area contributed by atoms with Crippen molar-refractivity contribution in [2.45, 2.75) is 58.0 Å². The Morgan fingerprint density at radius 3 is 2.37 bits per heavy atom. The highest BCUT2D eigenvalue weighted by molar-refractivity contribution is 6.07. The summed E-state index contributed by atoms with van der Waals surface area (Å²) in [5, 5.41) is 2.34. The van der Waals surface area contributed by atoms with E-state index in [1.54, 1.807) is 11.0 Å². The Balaban J connectivity index is 1.63. The zero-order chi connectivity index (χ0) is 21.6. The normalized spacial score (nSPS) is 21.5. The third-order valence-corrected chi connectivity index (χ3v) is 5.87. The molecule has 6 heteroatoms. The summed E-state index contributed by atoms with van der Waals surface area (Å²) < 4.78 is 6.09. The van der Waals surface area contributed by atoms with Gasteiger partial charge in [0, 0.05) is 6.42 Å². The first-order valence-corrected chi connectivity index (χ1v) is 10.2. The molecule has 0 saturated carbocycles. The fraction of sp³-hybridized carbons (Fsp3) is 0.375. The lowest BCUT2D eigenvalue weighted by Crippen LogP contribution is -2.53. The first-order chi connectivity index (χ1) is 14.2. The lowest BCUT2D eigenvalue weighted by Gasteiger charge is -2.32. The van der Waals surface area contributed by atoms with Gasteiger partial charge in [0.25, 0.3) is 5.91 Å². The number of rotatable bonds is 3. The molecule has 3 amide bonds. The van der Waals surface area contributed by atoms with Gasteiger partial charge in [0.05, 0.1) is 11.6 Å². The van der Waals surface area contributed by atoms with Crippen molar-refractivity contribution >= 4 is 17.7 Å². The van der Waals surface area contributed by atoms with E-state index in [1.165, 1.54) is 5.56 Å². The Bertz CT molecular complexity index is 1020. The minimum absolute atomic E-state index is 0.0420. The molecule has 2 aromatic carbocycles. The van der Waals surface area contributed by atoms with Crippen molar-refractivity contribution in [3.05, 3.63) is 59.2 Å². The largest absolute Gasteiger partial charge is 0.457 e. The molecule has 2 aliphatic rings. The van der Waals surface area contributed by atoms with Crippen LogP contribution in [0.3, 0.4) is 0 Å². The summed E-state index contributed by atoms with van der Waals surface area (Å²) in [7, 11) is 0. The second kappa shape index (κ2) is 7.27. The molecule has 4 rings (SSSR count). The molecular formula is C24H26N2O4. The van der Waals surface area contributed by atoms with Gasteiger partial charge in [-0.25, -0.2) is 0 Å². The van der Waals surface area contributed by atoms with Crippen LogP contribution in [0.2, 0.25) is 0 Å². The van der Waals surface area contributed by atoms with Gasteiger partial charge in [-0.15, -0.1) is 0 Å². The Kier molecular flexibility index (Phi) is 4.88. The monoisotopic (exact) mass is 406 g/mol. The Morgan fingerprint density at radius 1 is 1.03 bits per heavy atom. The number of hydrogen-bond donors (Lipinski definition) is 1. The van der Waals surface area contributed by atoms with Crippen molar-refractivity contribution in [2.75, 3.05) is 0 Å². The highest BCUT2D eigenvalue weighted by Crippen LogP contribution is 2.42. The number of fused-ring (bicyclic) bond motifs is 1. The molecule has 0 spiro atoms. The third-order valence-electron chi connectivity index (χ3n) is 5.87. The number of hydrogen-bond acceptors (Lipinski definition) is 4. The van der Waals surface area contributed by atoms with E-state index in [0.29, 0.717) is 23.5 Å². The van der Waals surface area contributed by atoms with Gasteiger partial charge in [-0.1, -0.05) is 45.0 Å². The smallest absolute Gasteiger partial charge is 0.259 e. The average molecular weight is 406 g/mol. The molecule has 30 heavy (non-hydrogen) atoms. The van der Waals surface area contributed by atoms with Crippen molar-refractivity contribution in [3.63, 3.8) is 0 Å². The summed E-state index contributed by atoms with van der Waals surface area (Å²) >= 11 is 0. The molecule has 2 aromatic rings. The standard InChI is InChI=1S/C24H26N2O4/c1-14-17-6-5-7-19(30-16-10-8-15(9-11-16)24(2,3)4)21(17)23(29)26(14)18-12-13-20(27)25-22(18)28/h5-11,14,18H,12-13H2,1-4H3,(H,25,27,28).